The fourth-order valence-corrected chi connectivity index (χ4v) is 2.31. The number of nitrogens with zero attached hydrogens (tertiary/aromatic N) is 2. The molecule has 1 aliphatic rings. The van der Waals surface area contributed by atoms with Crippen LogP contribution in [0.25, 0.3) is 5.69 Å². The van der Waals surface area contributed by atoms with Crippen molar-refractivity contribution in [3.05, 3.63) is 40.8 Å². The van der Waals surface area contributed by atoms with Crippen molar-refractivity contribution in [2.45, 2.75) is 20.0 Å². The number of benzene rings is 1. The van der Waals surface area contributed by atoms with Gasteiger partial charge in [0, 0.05) is 12.0 Å². The van der Waals surface area contributed by atoms with E-state index in [2.05, 4.69) is 5.10 Å². The van der Waals surface area contributed by atoms with Gasteiger partial charge in [-0.3, -0.25) is 0 Å². The van der Waals surface area contributed by atoms with Crippen LogP contribution in [0.15, 0.2) is 18.2 Å². The summed E-state index contributed by atoms with van der Waals surface area (Å²) in [5, 5.41) is 4.29. The van der Waals surface area contributed by atoms with Crippen LogP contribution >= 0.6 is 0 Å². The highest BCUT2D eigenvalue weighted by Gasteiger charge is 2.20. The Bertz CT molecular complexity index is 586. The summed E-state index contributed by atoms with van der Waals surface area (Å²) in [5.41, 5.74) is 9.38. The smallest absolute Gasteiger partial charge is 0.151 e. The summed E-state index contributed by atoms with van der Waals surface area (Å²) < 4.78 is 20.5. The number of fused-ring (bicyclic) bond motifs is 1. The van der Waals surface area contributed by atoms with E-state index in [9.17, 15) is 4.39 Å². The molecule has 0 fully saturated rings. The molecule has 0 saturated carbocycles. The summed E-state index contributed by atoms with van der Waals surface area (Å²) in [6.07, 6.45) is 0.745. The van der Waals surface area contributed by atoms with E-state index in [0.29, 0.717) is 24.7 Å². The average molecular weight is 247 g/mol. The molecule has 2 heterocycles. The zero-order chi connectivity index (χ0) is 12.7. The molecule has 4 nitrogen and oxygen atoms in total. The molecule has 0 radical (unpaired) electrons. The van der Waals surface area contributed by atoms with Crippen LogP contribution < -0.4 is 5.73 Å². The first kappa shape index (κ1) is 11.2. The van der Waals surface area contributed by atoms with Crippen molar-refractivity contribution in [3.8, 4) is 5.69 Å². The second kappa shape index (κ2) is 4.10. The minimum Gasteiger partial charge on any atom is -0.382 e. The normalized spacial score (nSPS) is 14.6. The van der Waals surface area contributed by atoms with E-state index in [1.165, 1.54) is 12.1 Å². The van der Waals surface area contributed by atoms with Crippen LogP contribution in [0.5, 0.6) is 0 Å². The Labute approximate surface area is 104 Å². The number of ether oxygens (including phenoxy) is 1. The molecule has 18 heavy (non-hydrogen) atoms. The first-order chi connectivity index (χ1) is 8.65. The highest BCUT2D eigenvalue weighted by atomic mass is 19.1. The number of hydrogen-bond donors (Lipinski definition) is 1. The van der Waals surface area contributed by atoms with Gasteiger partial charge in [0.15, 0.2) is 5.82 Å². The first-order valence-corrected chi connectivity index (χ1v) is 5.86. The number of rotatable bonds is 1. The maximum Gasteiger partial charge on any atom is 0.151 e. The number of aromatic nitrogens is 2. The third-order valence-corrected chi connectivity index (χ3v) is 3.12. The van der Waals surface area contributed by atoms with Crippen LogP contribution in [0.3, 0.4) is 0 Å². The molecule has 2 aromatic rings. The van der Waals surface area contributed by atoms with Crippen molar-refractivity contribution in [1.29, 1.82) is 0 Å². The molecular weight excluding hydrogens is 233 g/mol. The lowest BCUT2D eigenvalue weighted by atomic mass is 10.1. The topological polar surface area (TPSA) is 53.1 Å². The summed E-state index contributed by atoms with van der Waals surface area (Å²) in [4.78, 5) is 0. The summed E-state index contributed by atoms with van der Waals surface area (Å²) in [5.74, 6) is 0.200. The number of nitrogens with two attached hydrogens (primary N) is 1. The molecule has 1 aromatic heterocycles. The van der Waals surface area contributed by atoms with Crippen LogP contribution in [0.2, 0.25) is 0 Å². The van der Waals surface area contributed by atoms with Gasteiger partial charge in [0.1, 0.15) is 5.82 Å². The standard InChI is InChI=1S/C13H14FN3O/c1-8-4-9(14)6-10(5-8)17-12-2-3-18-7-11(12)13(15)16-17/h4-6H,2-3,7H2,1H3,(H2,15,16). The van der Waals surface area contributed by atoms with E-state index < -0.39 is 0 Å². The second-order valence-corrected chi connectivity index (χ2v) is 4.51. The van der Waals surface area contributed by atoms with Gasteiger partial charge in [-0.25, -0.2) is 9.07 Å². The molecule has 1 aromatic carbocycles. The van der Waals surface area contributed by atoms with Crippen LogP contribution in [0.4, 0.5) is 10.2 Å². The van der Waals surface area contributed by atoms with Gasteiger partial charge in [0.05, 0.1) is 24.6 Å². The predicted octanol–water partition coefficient (Wildman–Crippen LogP) is 1.97. The van der Waals surface area contributed by atoms with Gasteiger partial charge in [0.25, 0.3) is 0 Å². The van der Waals surface area contributed by atoms with E-state index in [1.54, 1.807) is 4.68 Å². The second-order valence-electron chi connectivity index (χ2n) is 4.51. The van der Waals surface area contributed by atoms with Crippen LogP contribution in [-0.2, 0) is 17.8 Å². The third-order valence-electron chi connectivity index (χ3n) is 3.12. The summed E-state index contributed by atoms with van der Waals surface area (Å²) in [6, 6.07) is 4.85. The van der Waals surface area contributed by atoms with Crippen LogP contribution in [0, 0.1) is 12.7 Å². The van der Waals surface area contributed by atoms with Crippen molar-refractivity contribution < 1.29 is 9.13 Å². The van der Waals surface area contributed by atoms with Crippen molar-refractivity contribution in [3.63, 3.8) is 0 Å². The highest BCUT2D eigenvalue weighted by Crippen LogP contribution is 2.25. The predicted molar refractivity (Wildman–Crippen MR) is 66.0 cm³/mol. The van der Waals surface area contributed by atoms with E-state index >= 15 is 0 Å². The zero-order valence-corrected chi connectivity index (χ0v) is 10.1. The molecule has 0 bridgehead atoms. The molecule has 0 amide bonds. The summed E-state index contributed by atoms with van der Waals surface area (Å²) in [7, 11) is 0. The third kappa shape index (κ3) is 1.76. The Kier molecular flexibility index (Phi) is 2.56. The molecule has 0 atom stereocenters. The van der Waals surface area contributed by atoms with E-state index in [1.807, 2.05) is 13.0 Å². The maximum atomic E-state index is 13.5. The summed E-state index contributed by atoms with van der Waals surface area (Å²) >= 11 is 0. The molecule has 2 N–H and O–H groups in total. The van der Waals surface area contributed by atoms with Crippen molar-refractivity contribution in [1.82, 2.24) is 9.78 Å². The van der Waals surface area contributed by atoms with E-state index in [0.717, 1.165) is 23.2 Å². The van der Waals surface area contributed by atoms with Gasteiger partial charge in [0.2, 0.25) is 0 Å². The SMILES string of the molecule is Cc1cc(F)cc(-n2nc(N)c3c2CCOC3)c1. The van der Waals surface area contributed by atoms with Gasteiger partial charge in [-0.2, -0.15) is 5.10 Å². The lowest BCUT2D eigenvalue weighted by Crippen LogP contribution is -2.13. The number of nitrogen functional groups attached to an aromatic ring is 1. The lowest BCUT2D eigenvalue weighted by Gasteiger charge is -2.14. The molecule has 0 saturated heterocycles. The number of aryl methyl sites for hydroxylation is 1. The Morgan fingerprint density at radius 2 is 2.22 bits per heavy atom. The maximum absolute atomic E-state index is 13.5. The fraction of sp³-hybridized carbons (Fsp3) is 0.308. The Balaban J connectivity index is 2.17. The fourth-order valence-electron chi connectivity index (χ4n) is 2.31. The van der Waals surface area contributed by atoms with Crippen LogP contribution in [-0.4, -0.2) is 16.4 Å². The molecule has 0 spiro atoms. The van der Waals surface area contributed by atoms with Crippen molar-refractivity contribution in [2.75, 3.05) is 12.3 Å². The zero-order valence-electron chi connectivity index (χ0n) is 10.1. The molecule has 3 rings (SSSR count). The molecule has 0 unspecified atom stereocenters. The molecule has 94 valence electrons. The minimum absolute atomic E-state index is 0.264. The summed E-state index contributed by atoms with van der Waals surface area (Å²) in [6.45, 7) is 2.98. The van der Waals surface area contributed by atoms with Crippen LogP contribution in [0.1, 0.15) is 16.8 Å². The Morgan fingerprint density at radius 1 is 1.39 bits per heavy atom. The van der Waals surface area contributed by atoms with Crippen molar-refractivity contribution >= 4 is 5.82 Å². The number of anilines is 1. The molecule has 5 heteroatoms. The van der Waals surface area contributed by atoms with Gasteiger partial charge in [-0.05, 0) is 30.7 Å². The average Bonchev–Trinajstić information content (AvgIpc) is 2.66. The first-order valence-electron chi connectivity index (χ1n) is 5.86. The number of hydrogen-bond acceptors (Lipinski definition) is 3. The quantitative estimate of drug-likeness (QED) is 0.838. The van der Waals surface area contributed by atoms with E-state index in [4.69, 9.17) is 10.5 Å². The van der Waals surface area contributed by atoms with Crippen molar-refractivity contribution in [2.24, 2.45) is 0 Å². The lowest BCUT2D eigenvalue weighted by molar-refractivity contribution is 0.110. The molecule has 0 aliphatic carbocycles. The highest BCUT2D eigenvalue weighted by molar-refractivity contribution is 5.48. The minimum atomic E-state index is -0.264. The Hall–Kier alpha value is -1.88. The van der Waals surface area contributed by atoms with E-state index in [-0.39, 0.29) is 5.82 Å². The van der Waals surface area contributed by atoms with Gasteiger partial charge in [-0.1, -0.05) is 0 Å². The largest absolute Gasteiger partial charge is 0.382 e. The molecular formula is C13H14FN3O. The van der Waals surface area contributed by atoms with Gasteiger partial charge < -0.3 is 10.5 Å². The van der Waals surface area contributed by atoms with Gasteiger partial charge in [-0.15, -0.1) is 0 Å². The number of halogens is 1. The Morgan fingerprint density at radius 3 is 3.00 bits per heavy atom. The van der Waals surface area contributed by atoms with Gasteiger partial charge >= 0.3 is 0 Å². The monoisotopic (exact) mass is 247 g/mol. The molecule has 1 aliphatic heterocycles.